The summed E-state index contributed by atoms with van der Waals surface area (Å²) < 4.78 is 0. The van der Waals surface area contributed by atoms with E-state index in [1.165, 1.54) is 0 Å². The van der Waals surface area contributed by atoms with Crippen molar-refractivity contribution >= 4 is 11.8 Å². The van der Waals surface area contributed by atoms with Crippen LogP contribution in [0.25, 0.3) is 0 Å². The zero-order valence-electron chi connectivity index (χ0n) is 12.8. The second-order valence-electron chi connectivity index (χ2n) is 6.64. The van der Waals surface area contributed by atoms with Gasteiger partial charge in [-0.05, 0) is 47.8 Å². The minimum atomic E-state index is -0.238. The van der Waals surface area contributed by atoms with Crippen molar-refractivity contribution in [2.45, 2.75) is 39.2 Å². The van der Waals surface area contributed by atoms with E-state index in [2.05, 4.69) is 10.2 Å². The molecule has 0 saturated carbocycles. The molecule has 110 valence electrons. The van der Waals surface area contributed by atoms with Gasteiger partial charge in [0.05, 0.1) is 5.92 Å². The van der Waals surface area contributed by atoms with Gasteiger partial charge >= 0.3 is 0 Å². The van der Waals surface area contributed by atoms with Crippen molar-refractivity contribution in [1.29, 1.82) is 0 Å². The van der Waals surface area contributed by atoms with E-state index in [4.69, 9.17) is 0 Å². The van der Waals surface area contributed by atoms with E-state index in [9.17, 15) is 9.59 Å². The highest BCUT2D eigenvalue weighted by molar-refractivity contribution is 5.89. The Morgan fingerprint density at radius 3 is 2.58 bits per heavy atom. The number of rotatable bonds is 5. The molecule has 1 rings (SSSR count). The molecule has 1 aliphatic heterocycles. The summed E-state index contributed by atoms with van der Waals surface area (Å²) in [5.74, 6) is -0.0881. The van der Waals surface area contributed by atoms with Gasteiger partial charge in [0.1, 0.15) is 0 Å². The summed E-state index contributed by atoms with van der Waals surface area (Å²) in [7, 11) is 4.04. The van der Waals surface area contributed by atoms with Gasteiger partial charge in [0.15, 0.2) is 0 Å². The second kappa shape index (κ2) is 6.37. The third kappa shape index (κ3) is 5.59. The molecule has 0 bridgehead atoms. The zero-order chi connectivity index (χ0) is 14.6. The monoisotopic (exact) mass is 269 g/mol. The molecule has 0 radical (unpaired) electrons. The third-order valence-electron chi connectivity index (χ3n) is 3.12. The van der Waals surface area contributed by atoms with Crippen molar-refractivity contribution in [2.24, 2.45) is 5.92 Å². The molecule has 0 aliphatic carbocycles. The number of likely N-dealkylation sites (tertiary alicyclic amines) is 1. The van der Waals surface area contributed by atoms with Gasteiger partial charge in [-0.25, -0.2) is 0 Å². The normalized spacial score (nSPS) is 20.2. The number of carbonyl (C=O) groups excluding carboxylic acids is 2. The molecule has 19 heavy (non-hydrogen) atoms. The van der Waals surface area contributed by atoms with Crippen molar-refractivity contribution in [3.05, 3.63) is 0 Å². The third-order valence-corrected chi connectivity index (χ3v) is 3.12. The standard InChI is InChI=1S/C14H27N3O2/c1-14(2,3)15-13(19)11-9-12(18)17(10-11)8-6-7-16(4)5/h11H,6-10H2,1-5H3,(H,15,19). The Kier molecular flexibility index (Phi) is 5.35. The first-order valence-electron chi connectivity index (χ1n) is 6.93. The highest BCUT2D eigenvalue weighted by Crippen LogP contribution is 2.19. The molecular weight excluding hydrogens is 242 g/mol. The average molecular weight is 269 g/mol. The van der Waals surface area contributed by atoms with Crippen molar-refractivity contribution in [2.75, 3.05) is 33.7 Å². The topological polar surface area (TPSA) is 52.6 Å². The molecule has 1 N–H and O–H groups in total. The minimum Gasteiger partial charge on any atom is -0.351 e. The fourth-order valence-corrected chi connectivity index (χ4v) is 2.21. The molecule has 1 aliphatic rings. The van der Waals surface area contributed by atoms with Crippen LogP contribution in [0.5, 0.6) is 0 Å². The van der Waals surface area contributed by atoms with Gasteiger partial charge in [0.2, 0.25) is 11.8 Å². The van der Waals surface area contributed by atoms with Crippen molar-refractivity contribution in [1.82, 2.24) is 15.1 Å². The lowest BCUT2D eigenvalue weighted by molar-refractivity contribution is -0.129. The zero-order valence-corrected chi connectivity index (χ0v) is 12.8. The van der Waals surface area contributed by atoms with Gasteiger partial charge in [-0.1, -0.05) is 0 Å². The first kappa shape index (κ1) is 16.0. The molecule has 0 spiro atoms. The maximum atomic E-state index is 12.0. The molecular formula is C14H27N3O2. The van der Waals surface area contributed by atoms with Crippen LogP contribution in [0.3, 0.4) is 0 Å². The van der Waals surface area contributed by atoms with Gasteiger partial charge in [0.25, 0.3) is 0 Å². The van der Waals surface area contributed by atoms with Crippen molar-refractivity contribution in [3.63, 3.8) is 0 Å². The second-order valence-corrected chi connectivity index (χ2v) is 6.64. The van der Waals surface area contributed by atoms with Crippen LogP contribution in [0.2, 0.25) is 0 Å². The molecule has 1 heterocycles. The van der Waals surface area contributed by atoms with E-state index in [-0.39, 0.29) is 23.3 Å². The summed E-state index contributed by atoms with van der Waals surface area (Å²) >= 11 is 0. The van der Waals surface area contributed by atoms with E-state index in [0.717, 1.165) is 19.5 Å². The number of hydrogen-bond donors (Lipinski definition) is 1. The average Bonchev–Trinajstić information content (AvgIpc) is 2.57. The van der Waals surface area contributed by atoms with Crippen LogP contribution < -0.4 is 5.32 Å². The summed E-state index contributed by atoms with van der Waals surface area (Å²) in [5, 5.41) is 2.95. The van der Waals surface area contributed by atoms with Crippen LogP contribution in [0.15, 0.2) is 0 Å². The summed E-state index contributed by atoms with van der Waals surface area (Å²) in [6.45, 7) is 8.14. The van der Waals surface area contributed by atoms with Crippen LogP contribution in [-0.2, 0) is 9.59 Å². The first-order chi connectivity index (χ1) is 8.69. The highest BCUT2D eigenvalue weighted by atomic mass is 16.2. The first-order valence-corrected chi connectivity index (χ1v) is 6.93. The molecule has 1 atom stereocenters. The largest absolute Gasteiger partial charge is 0.351 e. The van der Waals surface area contributed by atoms with Crippen molar-refractivity contribution in [3.8, 4) is 0 Å². The molecule has 0 aromatic carbocycles. The number of carbonyl (C=O) groups is 2. The number of amides is 2. The van der Waals surface area contributed by atoms with E-state index in [1.54, 1.807) is 0 Å². The molecule has 2 amide bonds. The Morgan fingerprint density at radius 1 is 1.42 bits per heavy atom. The highest BCUT2D eigenvalue weighted by Gasteiger charge is 2.34. The maximum Gasteiger partial charge on any atom is 0.225 e. The van der Waals surface area contributed by atoms with Gasteiger partial charge in [-0.3, -0.25) is 9.59 Å². The SMILES string of the molecule is CN(C)CCCN1CC(C(=O)NC(C)(C)C)CC1=O. The van der Waals surface area contributed by atoms with E-state index in [1.807, 2.05) is 39.8 Å². The van der Waals surface area contributed by atoms with Crippen LogP contribution in [0.1, 0.15) is 33.6 Å². The Bertz CT molecular complexity index is 334. The summed E-state index contributed by atoms with van der Waals surface area (Å²) in [5.41, 5.74) is -0.238. The molecule has 1 fully saturated rings. The summed E-state index contributed by atoms with van der Waals surface area (Å²) in [6.07, 6.45) is 1.30. The number of hydrogen-bond acceptors (Lipinski definition) is 3. The van der Waals surface area contributed by atoms with Crippen LogP contribution in [0.4, 0.5) is 0 Å². The Morgan fingerprint density at radius 2 is 2.05 bits per heavy atom. The quantitative estimate of drug-likeness (QED) is 0.799. The molecule has 0 aromatic heterocycles. The fourth-order valence-electron chi connectivity index (χ4n) is 2.21. The maximum absolute atomic E-state index is 12.0. The van der Waals surface area contributed by atoms with Crippen LogP contribution in [0, 0.1) is 5.92 Å². The lowest BCUT2D eigenvalue weighted by Gasteiger charge is -2.23. The predicted molar refractivity (Wildman–Crippen MR) is 75.8 cm³/mol. The minimum absolute atomic E-state index is 0.00374. The summed E-state index contributed by atoms with van der Waals surface area (Å²) in [4.78, 5) is 27.8. The van der Waals surface area contributed by atoms with Gasteiger partial charge in [-0.2, -0.15) is 0 Å². The van der Waals surface area contributed by atoms with Crippen LogP contribution >= 0.6 is 0 Å². The Labute approximate surface area is 116 Å². The van der Waals surface area contributed by atoms with Gasteiger partial charge in [0, 0.05) is 25.0 Å². The molecule has 5 nitrogen and oxygen atoms in total. The van der Waals surface area contributed by atoms with Crippen LogP contribution in [-0.4, -0.2) is 60.9 Å². The Balaban J connectivity index is 2.41. The van der Waals surface area contributed by atoms with E-state index in [0.29, 0.717) is 13.0 Å². The van der Waals surface area contributed by atoms with Gasteiger partial charge in [-0.15, -0.1) is 0 Å². The van der Waals surface area contributed by atoms with E-state index < -0.39 is 0 Å². The lowest BCUT2D eigenvalue weighted by Crippen LogP contribution is -2.44. The summed E-state index contributed by atoms with van der Waals surface area (Å²) in [6, 6.07) is 0. The predicted octanol–water partition coefficient (Wildman–Crippen LogP) is 0.701. The molecule has 5 heteroatoms. The molecule has 0 aromatic rings. The van der Waals surface area contributed by atoms with Gasteiger partial charge < -0.3 is 15.1 Å². The number of nitrogens with one attached hydrogen (secondary N) is 1. The number of nitrogens with zero attached hydrogens (tertiary/aromatic N) is 2. The lowest BCUT2D eigenvalue weighted by atomic mass is 10.0. The smallest absolute Gasteiger partial charge is 0.225 e. The molecule has 1 saturated heterocycles. The Hall–Kier alpha value is -1.10. The molecule has 1 unspecified atom stereocenters. The van der Waals surface area contributed by atoms with E-state index >= 15 is 0 Å². The van der Waals surface area contributed by atoms with Crippen molar-refractivity contribution < 1.29 is 9.59 Å². The fraction of sp³-hybridized carbons (Fsp3) is 0.857.